The highest BCUT2D eigenvalue weighted by Crippen LogP contribution is 2.15. The predicted molar refractivity (Wildman–Crippen MR) is 160 cm³/mol. The summed E-state index contributed by atoms with van der Waals surface area (Å²) >= 11 is 1.92. The molecule has 0 spiro atoms. The molecule has 0 N–H and O–H groups in total. The molecule has 0 heterocycles. The summed E-state index contributed by atoms with van der Waals surface area (Å²) in [5, 5.41) is 0. The second kappa shape index (κ2) is 31.8. The van der Waals surface area contributed by atoms with E-state index in [0.29, 0.717) is 13.0 Å². The molecule has 2 nitrogen and oxygen atoms in total. The summed E-state index contributed by atoms with van der Waals surface area (Å²) in [5.41, 5.74) is 0. The van der Waals surface area contributed by atoms with Gasteiger partial charge in [-0.3, -0.25) is 4.79 Å². The number of carbonyl (C=O) groups excluding carboxylic acids is 1. The van der Waals surface area contributed by atoms with Crippen molar-refractivity contribution in [2.75, 3.05) is 18.1 Å². The molecular weight excluding hydrogens is 448 g/mol. The summed E-state index contributed by atoms with van der Waals surface area (Å²) in [5.74, 6) is 2.13. The van der Waals surface area contributed by atoms with E-state index in [9.17, 15) is 4.79 Å². The molecule has 0 rings (SSSR count). The minimum Gasteiger partial charge on any atom is -0.466 e. The third-order valence-corrected chi connectivity index (χ3v) is 8.17. The second-order valence-corrected chi connectivity index (χ2v) is 11.9. The number of ether oxygens (including phenoxy) is 1. The van der Waals surface area contributed by atoms with Gasteiger partial charge in [-0.1, -0.05) is 162 Å². The Labute approximate surface area is 225 Å². The minimum absolute atomic E-state index is 0.00550. The smallest absolute Gasteiger partial charge is 0.306 e. The normalized spacial score (nSPS) is 11.3. The first-order valence-corrected chi connectivity index (χ1v) is 17.2. The molecule has 3 heteroatoms. The Morgan fingerprint density at radius 2 is 0.800 bits per heavy atom. The molecule has 0 bridgehead atoms. The zero-order valence-corrected chi connectivity index (χ0v) is 25.0. The predicted octanol–water partition coefficient (Wildman–Crippen LogP) is 11.4. The van der Waals surface area contributed by atoms with E-state index in [1.165, 1.54) is 160 Å². The van der Waals surface area contributed by atoms with Gasteiger partial charge in [0.15, 0.2) is 0 Å². The molecule has 0 aliphatic carbocycles. The lowest BCUT2D eigenvalue weighted by Gasteiger charge is -2.06. The molecule has 0 unspecified atom stereocenters. The number of carbonyl (C=O) groups is 1. The molecule has 0 aromatic carbocycles. The van der Waals surface area contributed by atoms with Crippen molar-refractivity contribution in [1.82, 2.24) is 0 Å². The molecule has 0 fully saturated rings. The van der Waals surface area contributed by atoms with Gasteiger partial charge in [0.25, 0.3) is 0 Å². The lowest BCUT2D eigenvalue weighted by molar-refractivity contribution is -0.143. The van der Waals surface area contributed by atoms with E-state index >= 15 is 0 Å². The molecule has 0 aliphatic rings. The van der Waals surface area contributed by atoms with Crippen LogP contribution in [0.1, 0.15) is 181 Å². The van der Waals surface area contributed by atoms with Gasteiger partial charge in [-0.25, -0.2) is 0 Å². The molecule has 0 saturated carbocycles. The van der Waals surface area contributed by atoms with E-state index < -0.39 is 0 Å². The van der Waals surface area contributed by atoms with Crippen molar-refractivity contribution in [3.63, 3.8) is 0 Å². The molecule has 0 aromatic heterocycles. The number of esters is 1. The Balaban J connectivity index is 3.14. The van der Waals surface area contributed by atoms with Gasteiger partial charge in [-0.15, -0.1) is 0 Å². The number of hydrogen-bond donors (Lipinski definition) is 0. The summed E-state index contributed by atoms with van der Waals surface area (Å²) in [4.78, 5) is 11.9. The fourth-order valence-electron chi connectivity index (χ4n) is 4.68. The summed E-state index contributed by atoms with van der Waals surface area (Å²) in [6, 6.07) is 0. The standard InChI is InChI=1S/C32H64O2S/c1-3-5-7-9-11-13-15-16-17-18-19-20-22-24-26-29-34-32(33)28-31-35-30-27-25-23-21-14-12-10-8-6-4-2/h3-31H2,1-2H3. The van der Waals surface area contributed by atoms with Crippen molar-refractivity contribution in [2.45, 2.75) is 181 Å². The van der Waals surface area contributed by atoms with Gasteiger partial charge in [0.1, 0.15) is 0 Å². The molecule has 0 aliphatic heterocycles. The number of thioether (sulfide) groups is 1. The Morgan fingerprint density at radius 1 is 0.457 bits per heavy atom. The van der Waals surface area contributed by atoms with Gasteiger partial charge in [-0.2, -0.15) is 11.8 Å². The van der Waals surface area contributed by atoms with E-state index in [0.717, 1.165) is 12.2 Å². The number of rotatable bonds is 30. The molecule has 0 aromatic rings. The fraction of sp³-hybridized carbons (Fsp3) is 0.969. The highest BCUT2D eigenvalue weighted by atomic mass is 32.2. The Morgan fingerprint density at radius 3 is 1.20 bits per heavy atom. The quantitative estimate of drug-likeness (QED) is 0.0707. The third-order valence-electron chi connectivity index (χ3n) is 7.10. The van der Waals surface area contributed by atoms with Crippen LogP contribution in [-0.2, 0) is 9.53 Å². The van der Waals surface area contributed by atoms with Crippen LogP contribution in [0.15, 0.2) is 0 Å². The SMILES string of the molecule is CCCCCCCCCCCCCCCCCOC(=O)CCSCCCCCCCCCCCC. The second-order valence-electron chi connectivity index (χ2n) is 10.7. The highest BCUT2D eigenvalue weighted by Gasteiger charge is 2.03. The Kier molecular flexibility index (Phi) is 31.7. The molecule has 210 valence electrons. The van der Waals surface area contributed by atoms with Crippen LogP contribution in [0.5, 0.6) is 0 Å². The van der Waals surface area contributed by atoms with E-state index in [2.05, 4.69) is 13.8 Å². The van der Waals surface area contributed by atoms with Crippen molar-refractivity contribution in [3.05, 3.63) is 0 Å². The van der Waals surface area contributed by atoms with Gasteiger partial charge in [-0.05, 0) is 18.6 Å². The molecule has 0 radical (unpaired) electrons. The van der Waals surface area contributed by atoms with Crippen LogP contribution in [-0.4, -0.2) is 24.1 Å². The van der Waals surface area contributed by atoms with Gasteiger partial charge >= 0.3 is 5.97 Å². The van der Waals surface area contributed by atoms with Crippen LogP contribution in [0.2, 0.25) is 0 Å². The van der Waals surface area contributed by atoms with Gasteiger partial charge < -0.3 is 4.74 Å². The lowest BCUT2D eigenvalue weighted by atomic mass is 10.0. The van der Waals surface area contributed by atoms with Gasteiger partial charge in [0.2, 0.25) is 0 Å². The first-order valence-electron chi connectivity index (χ1n) is 16.0. The van der Waals surface area contributed by atoms with Gasteiger partial charge in [0.05, 0.1) is 13.0 Å². The number of unbranched alkanes of at least 4 members (excludes halogenated alkanes) is 23. The maximum absolute atomic E-state index is 11.9. The summed E-state index contributed by atoms with van der Waals surface area (Å²) < 4.78 is 5.41. The molecule has 0 atom stereocenters. The maximum atomic E-state index is 11.9. The average Bonchev–Trinajstić information content (AvgIpc) is 2.86. The number of hydrogen-bond acceptors (Lipinski definition) is 3. The monoisotopic (exact) mass is 512 g/mol. The van der Waals surface area contributed by atoms with Crippen LogP contribution in [0, 0.1) is 0 Å². The summed E-state index contributed by atoms with van der Waals surface area (Å²) in [7, 11) is 0. The third kappa shape index (κ3) is 31.8. The molecule has 0 saturated heterocycles. The minimum atomic E-state index is 0.00550. The van der Waals surface area contributed by atoms with E-state index in [1.807, 2.05) is 11.8 Å². The zero-order valence-electron chi connectivity index (χ0n) is 24.2. The van der Waals surface area contributed by atoms with Crippen LogP contribution < -0.4 is 0 Å². The summed E-state index contributed by atoms with van der Waals surface area (Å²) in [6.07, 6.45) is 35.0. The Hall–Kier alpha value is -0.180. The lowest BCUT2D eigenvalue weighted by Crippen LogP contribution is -2.07. The van der Waals surface area contributed by atoms with Crippen molar-refractivity contribution in [1.29, 1.82) is 0 Å². The first-order chi connectivity index (χ1) is 17.3. The maximum Gasteiger partial charge on any atom is 0.306 e. The van der Waals surface area contributed by atoms with Crippen molar-refractivity contribution in [2.24, 2.45) is 0 Å². The topological polar surface area (TPSA) is 26.3 Å². The Bertz CT molecular complexity index is 399. The molecular formula is C32H64O2S. The summed E-state index contributed by atoms with van der Waals surface area (Å²) in [6.45, 7) is 5.19. The van der Waals surface area contributed by atoms with Crippen LogP contribution >= 0.6 is 11.8 Å². The van der Waals surface area contributed by atoms with Crippen molar-refractivity contribution < 1.29 is 9.53 Å². The van der Waals surface area contributed by atoms with E-state index in [1.54, 1.807) is 0 Å². The van der Waals surface area contributed by atoms with E-state index in [-0.39, 0.29) is 5.97 Å². The first kappa shape index (κ1) is 34.8. The van der Waals surface area contributed by atoms with Crippen LogP contribution in [0.3, 0.4) is 0 Å². The molecule has 35 heavy (non-hydrogen) atoms. The van der Waals surface area contributed by atoms with Gasteiger partial charge in [0, 0.05) is 5.75 Å². The van der Waals surface area contributed by atoms with Crippen LogP contribution in [0.4, 0.5) is 0 Å². The van der Waals surface area contributed by atoms with E-state index in [4.69, 9.17) is 4.74 Å². The van der Waals surface area contributed by atoms with Crippen molar-refractivity contribution in [3.8, 4) is 0 Å². The van der Waals surface area contributed by atoms with Crippen molar-refractivity contribution >= 4 is 17.7 Å². The zero-order chi connectivity index (χ0) is 25.5. The highest BCUT2D eigenvalue weighted by molar-refractivity contribution is 7.99. The average molecular weight is 513 g/mol. The van der Waals surface area contributed by atoms with Crippen LogP contribution in [0.25, 0.3) is 0 Å². The fourth-order valence-corrected chi connectivity index (χ4v) is 5.60. The molecule has 0 amide bonds. The largest absolute Gasteiger partial charge is 0.466 e.